The summed E-state index contributed by atoms with van der Waals surface area (Å²) in [5, 5.41) is 0.231. The Morgan fingerprint density at radius 3 is 2.32 bits per heavy atom. The van der Waals surface area contributed by atoms with Gasteiger partial charge < -0.3 is 14.3 Å². The smallest absolute Gasteiger partial charge is 0.290 e. The number of aromatic amines is 1. The molecule has 0 unspecified atom stereocenters. The SMILES string of the molecule is CCCCCN(CCCC)c1nc(CCCO[Si](C)(C)C(C)(C)C)c[nH]c1=O. The van der Waals surface area contributed by atoms with Gasteiger partial charge in [-0.3, -0.25) is 4.79 Å². The van der Waals surface area contributed by atoms with Crippen molar-refractivity contribution in [3.63, 3.8) is 0 Å². The van der Waals surface area contributed by atoms with Gasteiger partial charge in [0.2, 0.25) is 0 Å². The van der Waals surface area contributed by atoms with Crippen molar-refractivity contribution >= 4 is 14.1 Å². The van der Waals surface area contributed by atoms with Crippen molar-refractivity contribution in [2.24, 2.45) is 0 Å². The minimum atomic E-state index is -1.70. The number of aromatic nitrogens is 2. The molecular formula is C22H43N3O2Si. The summed E-state index contributed by atoms with van der Waals surface area (Å²) in [6.07, 6.45) is 9.19. The lowest BCUT2D eigenvalue weighted by Crippen LogP contribution is -2.41. The van der Waals surface area contributed by atoms with E-state index in [0.29, 0.717) is 5.82 Å². The Hall–Kier alpha value is -1.14. The van der Waals surface area contributed by atoms with Gasteiger partial charge in [-0.2, -0.15) is 0 Å². The monoisotopic (exact) mass is 409 g/mol. The largest absolute Gasteiger partial charge is 0.417 e. The number of H-pyrrole nitrogens is 1. The maximum atomic E-state index is 12.4. The minimum Gasteiger partial charge on any atom is -0.417 e. The zero-order valence-corrected chi connectivity index (χ0v) is 20.4. The summed E-state index contributed by atoms with van der Waals surface area (Å²) < 4.78 is 6.26. The van der Waals surface area contributed by atoms with Crippen molar-refractivity contribution in [2.75, 3.05) is 24.6 Å². The summed E-state index contributed by atoms with van der Waals surface area (Å²) in [5.41, 5.74) is 0.874. The molecule has 0 aromatic carbocycles. The first-order valence-corrected chi connectivity index (χ1v) is 14.0. The fourth-order valence-electron chi connectivity index (χ4n) is 2.80. The van der Waals surface area contributed by atoms with Crippen LogP contribution in [0, 0.1) is 0 Å². The van der Waals surface area contributed by atoms with E-state index in [4.69, 9.17) is 9.41 Å². The molecule has 0 spiro atoms. The number of unbranched alkanes of at least 4 members (excludes halogenated alkanes) is 3. The first kappa shape index (κ1) is 24.9. The van der Waals surface area contributed by atoms with E-state index < -0.39 is 8.32 Å². The van der Waals surface area contributed by atoms with Crippen LogP contribution in [0.4, 0.5) is 5.82 Å². The van der Waals surface area contributed by atoms with E-state index in [1.807, 2.05) is 0 Å². The van der Waals surface area contributed by atoms with Crippen LogP contribution in [-0.2, 0) is 10.8 Å². The molecule has 1 aromatic rings. The maximum Gasteiger partial charge on any atom is 0.290 e. The van der Waals surface area contributed by atoms with Crippen LogP contribution < -0.4 is 10.5 Å². The van der Waals surface area contributed by atoms with Crippen LogP contribution in [0.25, 0.3) is 0 Å². The second-order valence-electron chi connectivity index (χ2n) is 9.30. The molecule has 5 nitrogen and oxygen atoms in total. The molecule has 6 heteroatoms. The van der Waals surface area contributed by atoms with Gasteiger partial charge in [-0.15, -0.1) is 0 Å². The van der Waals surface area contributed by atoms with E-state index in [1.54, 1.807) is 6.20 Å². The van der Waals surface area contributed by atoms with Crippen molar-refractivity contribution in [2.45, 2.75) is 97.7 Å². The van der Waals surface area contributed by atoms with Gasteiger partial charge in [0.25, 0.3) is 5.56 Å². The highest BCUT2D eigenvalue weighted by Crippen LogP contribution is 2.36. The van der Waals surface area contributed by atoms with Crippen LogP contribution in [0.2, 0.25) is 18.1 Å². The molecule has 0 radical (unpaired) electrons. The van der Waals surface area contributed by atoms with Gasteiger partial charge >= 0.3 is 0 Å². The summed E-state index contributed by atoms with van der Waals surface area (Å²) >= 11 is 0. The molecule has 1 aromatic heterocycles. The number of nitrogens with zero attached hydrogens (tertiary/aromatic N) is 2. The van der Waals surface area contributed by atoms with Crippen LogP contribution in [-0.4, -0.2) is 38.0 Å². The van der Waals surface area contributed by atoms with Crippen molar-refractivity contribution < 1.29 is 4.43 Å². The highest BCUT2D eigenvalue weighted by atomic mass is 28.4. The molecule has 0 saturated carbocycles. The van der Waals surface area contributed by atoms with E-state index in [2.05, 4.69) is 57.6 Å². The first-order chi connectivity index (χ1) is 13.1. The maximum absolute atomic E-state index is 12.4. The molecule has 28 heavy (non-hydrogen) atoms. The van der Waals surface area contributed by atoms with E-state index in [1.165, 1.54) is 12.8 Å². The molecule has 0 bridgehead atoms. The fraction of sp³-hybridized carbons (Fsp3) is 0.818. The Bertz CT molecular complexity index is 623. The van der Waals surface area contributed by atoms with Gasteiger partial charge in [-0.1, -0.05) is 53.9 Å². The van der Waals surface area contributed by atoms with Crippen molar-refractivity contribution in [1.82, 2.24) is 9.97 Å². The standard InChI is InChI=1S/C22H43N3O2Si/c1-8-10-12-16-25(15-11-9-2)20-21(26)23-18-19(24-20)14-13-17-27-28(6,7)22(3,4)5/h18H,8-17H2,1-7H3,(H,23,26). The fourth-order valence-corrected chi connectivity index (χ4v) is 3.88. The van der Waals surface area contributed by atoms with E-state index >= 15 is 0 Å². The predicted molar refractivity (Wildman–Crippen MR) is 123 cm³/mol. The van der Waals surface area contributed by atoms with Crippen LogP contribution in [0.3, 0.4) is 0 Å². The summed E-state index contributed by atoms with van der Waals surface area (Å²) in [6.45, 7) is 18.3. The zero-order chi connectivity index (χ0) is 21.2. The Morgan fingerprint density at radius 1 is 1.07 bits per heavy atom. The van der Waals surface area contributed by atoms with Crippen molar-refractivity contribution in [3.05, 3.63) is 22.2 Å². The normalized spacial score (nSPS) is 12.4. The predicted octanol–water partition coefficient (Wildman–Crippen LogP) is 5.52. The second kappa shape index (κ2) is 11.8. The summed E-state index contributed by atoms with van der Waals surface area (Å²) in [7, 11) is -1.70. The van der Waals surface area contributed by atoms with Gasteiger partial charge in [0.05, 0.1) is 5.69 Å². The molecule has 0 fully saturated rings. The van der Waals surface area contributed by atoms with Crippen molar-refractivity contribution in [3.8, 4) is 0 Å². The van der Waals surface area contributed by atoms with Gasteiger partial charge in [0.15, 0.2) is 14.1 Å². The van der Waals surface area contributed by atoms with Gasteiger partial charge in [0, 0.05) is 25.9 Å². The Kier molecular flexibility index (Phi) is 10.5. The summed E-state index contributed by atoms with van der Waals surface area (Å²) in [6, 6.07) is 0. The summed E-state index contributed by atoms with van der Waals surface area (Å²) in [5.74, 6) is 0.590. The molecule has 1 heterocycles. The Morgan fingerprint density at radius 2 is 1.71 bits per heavy atom. The molecule has 1 N–H and O–H groups in total. The molecule has 0 aliphatic heterocycles. The quantitative estimate of drug-likeness (QED) is 0.344. The number of aryl methyl sites for hydroxylation is 1. The third-order valence-corrected chi connectivity index (χ3v) is 10.3. The highest BCUT2D eigenvalue weighted by Gasteiger charge is 2.36. The molecule has 162 valence electrons. The number of hydrogen-bond donors (Lipinski definition) is 1. The average Bonchev–Trinajstić information content (AvgIpc) is 2.62. The molecule has 0 saturated heterocycles. The molecule has 0 aliphatic rings. The second-order valence-corrected chi connectivity index (χ2v) is 14.1. The summed E-state index contributed by atoms with van der Waals surface area (Å²) in [4.78, 5) is 22.2. The topological polar surface area (TPSA) is 58.2 Å². The Labute approximate surface area is 173 Å². The Balaban J connectivity index is 2.73. The number of nitrogens with one attached hydrogen (secondary N) is 1. The molecule has 0 aliphatic carbocycles. The van der Waals surface area contributed by atoms with Gasteiger partial charge in [-0.25, -0.2) is 4.98 Å². The lowest BCUT2D eigenvalue weighted by atomic mass is 10.2. The minimum absolute atomic E-state index is 0.0751. The number of anilines is 1. The third-order valence-electron chi connectivity index (χ3n) is 5.78. The lowest BCUT2D eigenvalue weighted by molar-refractivity contribution is 0.282. The van der Waals surface area contributed by atoms with Gasteiger partial charge in [0.1, 0.15) is 0 Å². The van der Waals surface area contributed by atoms with Crippen LogP contribution >= 0.6 is 0 Å². The van der Waals surface area contributed by atoms with Crippen LogP contribution in [0.15, 0.2) is 11.0 Å². The number of rotatable bonds is 13. The van der Waals surface area contributed by atoms with E-state index in [0.717, 1.165) is 57.5 Å². The highest BCUT2D eigenvalue weighted by molar-refractivity contribution is 6.74. The molecule has 0 atom stereocenters. The first-order valence-electron chi connectivity index (χ1n) is 11.1. The zero-order valence-electron chi connectivity index (χ0n) is 19.4. The average molecular weight is 410 g/mol. The number of hydrogen-bond acceptors (Lipinski definition) is 4. The van der Waals surface area contributed by atoms with Crippen LogP contribution in [0.5, 0.6) is 0 Å². The third kappa shape index (κ3) is 8.07. The van der Waals surface area contributed by atoms with Crippen LogP contribution in [0.1, 0.15) is 78.8 Å². The molecule has 0 amide bonds. The van der Waals surface area contributed by atoms with E-state index in [9.17, 15) is 4.79 Å². The molecular weight excluding hydrogens is 366 g/mol. The van der Waals surface area contributed by atoms with Gasteiger partial charge in [-0.05, 0) is 43.8 Å². The van der Waals surface area contributed by atoms with Crippen molar-refractivity contribution in [1.29, 1.82) is 0 Å². The lowest BCUT2D eigenvalue weighted by Gasteiger charge is -2.36. The molecule has 1 rings (SSSR count). The van der Waals surface area contributed by atoms with E-state index in [-0.39, 0.29) is 10.6 Å².